The van der Waals surface area contributed by atoms with E-state index in [9.17, 15) is 8.42 Å². The predicted molar refractivity (Wildman–Crippen MR) is 75.5 cm³/mol. The van der Waals surface area contributed by atoms with Gasteiger partial charge in [-0.05, 0) is 36.3 Å². The molecular weight excluding hydrogens is 282 g/mol. The van der Waals surface area contributed by atoms with Gasteiger partial charge in [-0.15, -0.1) is 11.3 Å². The van der Waals surface area contributed by atoms with Crippen molar-refractivity contribution >= 4 is 21.4 Å². The Morgan fingerprint density at radius 3 is 2.84 bits per heavy atom. The van der Waals surface area contributed by atoms with Crippen LogP contribution in [0.1, 0.15) is 24.8 Å². The van der Waals surface area contributed by atoms with Gasteiger partial charge in [-0.1, -0.05) is 0 Å². The molecule has 1 unspecified atom stereocenters. The molecule has 0 aromatic carbocycles. The monoisotopic (exact) mass is 301 g/mol. The molecule has 3 N–H and O–H groups in total. The second kappa shape index (κ2) is 5.14. The number of hydrogen-bond acceptors (Lipinski definition) is 5. The van der Waals surface area contributed by atoms with Crippen LogP contribution in [0.3, 0.4) is 0 Å². The summed E-state index contributed by atoms with van der Waals surface area (Å²) in [6.07, 6.45) is 3.44. The van der Waals surface area contributed by atoms with Crippen LogP contribution in [-0.2, 0) is 16.6 Å². The maximum absolute atomic E-state index is 12.2. The molecule has 19 heavy (non-hydrogen) atoms. The quantitative estimate of drug-likeness (QED) is 0.840. The summed E-state index contributed by atoms with van der Waals surface area (Å²) in [5, 5.41) is 1.81. The molecule has 7 heteroatoms. The molecule has 5 nitrogen and oxygen atoms in total. The maximum atomic E-state index is 12.2. The Morgan fingerprint density at radius 1 is 1.42 bits per heavy atom. The van der Waals surface area contributed by atoms with Crippen molar-refractivity contribution in [1.82, 2.24) is 9.62 Å². The smallest absolute Gasteiger partial charge is 0.250 e. The Kier molecular flexibility index (Phi) is 3.65. The van der Waals surface area contributed by atoms with Crippen molar-refractivity contribution in [2.45, 2.75) is 42.1 Å². The maximum Gasteiger partial charge on any atom is 0.250 e. The second-order valence-electron chi connectivity index (χ2n) is 5.31. The van der Waals surface area contributed by atoms with Crippen LogP contribution in [0, 0.1) is 0 Å². The molecule has 2 aliphatic rings. The van der Waals surface area contributed by atoms with Crippen LogP contribution in [0.15, 0.2) is 15.7 Å². The summed E-state index contributed by atoms with van der Waals surface area (Å²) in [6, 6.07) is 2.43. The fraction of sp³-hybridized carbons (Fsp3) is 0.667. The van der Waals surface area contributed by atoms with Crippen LogP contribution in [0.2, 0.25) is 0 Å². The van der Waals surface area contributed by atoms with E-state index < -0.39 is 10.0 Å². The zero-order valence-electron chi connectivity index (χ0n) is 10.7. The minimum Gasteiger partial charge on any atom is -0.326 e. The molecule has 0 bridgehead atoms. The average molecular weight is 301 g/mol. The molecule has 106 valence electrons. The van der Waals surface area contributed by atoms with E-state index in [1.165, 1.54) is 24.2 Å². The molecule has 1 aliphatic carbocycles. The van der Waals surface area contributed by atoms with Gasteiger partial charge >= 0.3 is 0 Å². The van der Waals surface area contributed by atoms with E-state index in [-0.39, 0.29) is 6.04 Å². The first-order valence-corrected chi connectivity index (χ1v) is 8.98. The lowest BCUT2D eigenvalue weighted by molar-refractivity contribution is 0.322. The van der Waals surface area contributed by atoms with Crippen molar-refractivity contribution in [3.8, 4) is 0 Å². The van der Waals surface area contributed by atoms with Gasteiger partial charge in [0.15, 0.2) is 0 Å². The summed E-state index contributed by atoms with van der Waals surface area (Å²) < 4.78 is 27.7. The summed E-state index contributed by atoms with van der Waals surface area (Å²) in [4.78, 5) is 2.40. The highest BCUT2D eigenvalue weighted by molar-refractivity contribution is 7.91. The second-order valence-corrected chi connectivity index (χ2v) is 8.16. The highest BCUT2D eigenvalue weighted by Gasteiger charge is 2.35. The van der Waals surface area contributed by atoms with Gasteiger partial charge in [-0.2, -0.15) is 0 Å². The van der Waals surface area contributed by atoms with E-state index >= 15 is 0 Å². The molecule has 1 saturated heterocycles. The first kappa shape index (κ1) is 13.5. The van der Waals surface area contributed by atoms with Gasteiger partial charge in [-0.3, -0.25) is 4.90 Å². The van der Waals surface area contributed by atoms with Crippen LogP contribution in [0.25, 0.3) is 0 Å². The SMILES string of the molecule is NCc1csc(S(=O)(=O)NC2CCN(C3CC3)C2)c1. The number of thiophene rings is 1. The number of likely N-dealkylation sites (tertiary alicyclic amines) is 1. The van der Waals surface area contributed by atoms with Gasteiger partial charge in [0.2, 0.25) is 10.0 Å². The predicted octanol–water partition coefficient (Wildman–Crippen LogP) is 0.722. The summed E-state index contributed by atoms with van der Waals surface area (Å²) in [7, 11) is -3.38. The van der Waals surface area contributed by atoms with Crippen LogP contribution in [0.5, 0.6) is 0 Å². The first-order chi connectivity index (χ1) is 9.08. The Bertz CT molecular complexity index is 551. The van der Waals surface area contributed by atoms with Crippen molar-refractivity contribution in [3.05, 3.63) is 17.0 Å². The van der Waals surface area contributed by atoms with Gasteiger partial charge in [0.05, 0.1) is 0 Å². The number of nitrogens with one attached hydrogen (secondary N) is 1. The lowest BCUT2D eigenvalue weighted by Gasteiger charge is -2.15. The molecule has 1 atom stereocenters. The zero-order chi connectivity index (χ0) is 13.5. The van der Waals surface area contributed by atoms with E-state index in [4.69, 9.17) is 5.73 Å². The summed E-state index contributed by atoms with van der Waals surface area (Å²) in [5.74, 6) is 0. The Labute approximate surface area is 117 Å². The highest BCUT2D eigenvalue weighted by atomic mass is 32.2. The minimum atomic E-state index is -3.38. The summed E-state index contributed by atoms with van der Waals surface area (Å²) in [6.45, 7) is 2.24. The topological polar surface area (TPSA) is 75.4 Å². The molecule has 0 spiro atoms. The van der Waals surface area contributed by atoms with E-state index in [1.54, 1.807) is 11.4 Å². The van der Waals surface area contributed by atoms with Gasteiger partial charge in [0.1, 0.15) is 4.21 Å². The lowest BCUT2D eigenvalue weighted by Crippen LogP contribution is -2.37. The van der Waals surface area contributed by atoms with Gasteiger partial charge in [-0.25, -0.2) is 13.1 Å². The fourth-order valence-corrected chi connectivity index (χ4v) is 5.03. The van der Waals surface area contributed by atoms with Crippen LogP contribution in [0.4, 0.5) is 0 Å². The normalized spacial score (nSPS) is 25.0. The van der Waals surface area contributed by atoms with Crippen LogP contribution < -0.4 is 10.5 Å². The van der Waals surface area contributed by atoms with Crippen LogP contribution in [-0.4, -0.2) is 38.5 Å². The Hall–Kier alpha value is -0.470. The third kappa shape index (κ3) is 3.00. The molecule has 1 aliphatic heterocycles. The standard InChI is InChI=1S/C12H19N3O2S2/c13-6-9-5-12(18-8-9)19(16,17)14-10-3-4-15(7-10)11-1-2-11/h5,8,10-11,14H,1-4,6-7,13H2. The summed E-state index contributed by atoms with van der Waals surface area (Å²) in [5.41, 5.74) is 6.38. The minimum absolute atomic E-state index is 0.0500. The van der Waals surface area contributed by atoms with Crippen LogP contribution >= 0.6 is 11.3 Å². The highest BCUT2D eigenvalue weighted by Crippen LogP contribution is 2.30. The molecule has 3 rings (SSSR count). The zero-order valence-corrected chi connectivity index (χ0v) is 12.3. The first-order valence-electron chi connectivity index (χ1n) is 6.62. The van der Waals surface area contributed by atoms with Crippen molar-refractivity contribution in [1.29, 1.82) is 0 Å². The molecular formula is C12H19N3O2S2. The fourth-order valence-electron chi connectivity index (χ4n) is 2.53. The lowest BCUT2D eigenvalue weighted by atomic mass is 10.3. The van der Waals surface area contributed by atoms with Crippen molar-refractivity contribution < 1.29 is 8.42 Å². The Morgan fingerprint density at radius 2 is 2.21 bits per heavy atom. The third-order valence-corrected chi connectivity index (χ3v) is 6.74. The molecule has 2 heterocycles. The molecule has 0 radical (unpaired) electrons. The molecule has 1 aromatic heterocycles. The number of rotatable bonds is 5. The van der Waals surface area contributed by atoms with E-state index in [2.05, 4.69) is 9.62 Å². The number of sulfonamides is 1. The van der Waals surface area contributed by atoms with Gasteiger partial charge in [0.25, 0.3) is 0 Å². The summed E-state index contributed by atoms with van der Waals surface area (Å²) >= 11 is 1.24. The number of nitrogens with two attached hydrogens (primary N) is 1. The molecule has 0 amide bonds. The van der Waals surface area contributed by atoms with E-state index in [1.807, 2.05) is 0 Å². The van der Waals surface area contributed by atoms with Gasteiger partial charge < -0.3 is 5.73 Å². The van der Waals surface area contributed by atoms with Crippen molar-refractivity contribution in [2.24, 2.45) is 5.73 Å². The molecule has 2 fully saturated rings. The third-order valence-electron chi connectivity index (χ3n) is 3.74. The Balaban J connectivity index is 1.64. The van der Waals surface area contributed by atoms with Crippen molar-refractivity contribution in [3.63, 3.8) is 0 Å². The number of hydrogen-bond donors (Lipinski definition) is 2. The molecule has 1 aromatic rings. The largest absolute Gasteiger partial charge is 0.326 e. The molecule has 1 saturated carbocycles. The van der Waals surface area contributed by atoms with E-state index in [0.717, 1.165) is 25.1 Å². The van der Waals surface area contributed by atoms with Crippen molar-refractivity contribution in [2.75, 3.05) is 13.1 Å². The van der Waals surface area contributed by atoms with Gasteiger partial charge in [0, 0.05) is 31.7 Å². The number of nitrogens with zero attached hydrogens (tertiary/aromatic N) is 1. The van der Waals surface area contributed by atoms with E-state index in [0.29, 0.717) is 16.8 Å². The average Bonchev–Trinajstić information content (AvgIpc) is 2.92.